The summed E-state index contributed by atoms with van der Waals surface area (Å²) in [6, 6.07) is 4.14. The highest BCUT2D eigenvalue weighted by Crippen LogP contribution is 2.30. The normalized spacial score (nSPS) is 16.5. The fourth-order valence-corrected chi connectivity index (χ4v) is 3.10. The van der Waals surface area contributed by atoms with E-state index in [4.69, 9.17) is 10.5 Å². The number of nitrogens with two attached hydrogens (primary N) is 1. The smallest absolute Gasteiger partial charge is 0.414 e. The second-order valence-electron chi connectivity index (χ2n) is 5.49. The maximum Gasteiger partial charge on any atom is 0.414 e. The molecule has 2 aromatic rings. The molecular weight excluding hydrogens is 365 g/mol. The van der Waals surface area contributed by atoms with Crippen molar-refractivity contribution in [3.8, 4) is 10.6 Å². The van der Waals surface area contributed by atoms with Crippen molar-refractivity contribution >= 4 is 34.9 Å². The Morgan fingerprint density at radius 1 is 1.46 bits per heavy atom. The third-order valence-corrected chi connectivity index (χ3v) is 4.55. The Morgan fingerprint density at radius 3 is 2.85 bits per heavy atom. The first-order chi connectivity index (χ1) is 12.3. The number of nitrogens with zero attached hydrogens (tertiary/aromatic N) is 3. The standard InChI is InChI=1S/C15H14FN5O4S/c1-7(22)18-5-9-6-21(15(24)25-9)8-2-3-10(11(16)4-8)13-19-20-14(26-13)12(17)23/h2-4,9H,5-6H2,1H3,(H2,17,23)(H,18,22). The van der Waals surface area contributed by atoms with Gasteiger partial charge in [-0.15, -0.1) is 10.2 Å². The zero-order valence-electron chi connectivity index (χ0n) is 13.6. The van der Waals surface area contributed by atoms with E-state index >= 15 is 0 Å². The van der Waals surface area contributed by atoms with Crippen molar-refractivity contribution in [2.45, 2.75) is 13.0 Å². The highest BCUT2D eigenvalue weighted by atomic mass is 32.1. The van der Waals surface area contributed by atoms with Gasteiger partial charge in [-0.25, -0.2) is 9.18 Å². The molecule has 0 bridgehead atoms. The lowest BCUT2D eigenvalue weighted by molar-refractivity contribution is -0.119. The van der Waals surface area contributed by atoms with Crippen molar-refractivity contribution in [3.63, 3.8) is 0 Å². The minimum Gasteiger partial charge on any atom is -0.442 e. The monoisotopic (exact) mass is 379 g/mol. The van der Waals surface area contributed by atoms with Gasteiger partial charge >= 0.3 is 6.09 Å². The average molecular weight is 379 g/mol. The lowest BCUT2D eigenvalue weighted by atomic mass is 10.2. The Labute approximate surface area is 150 Å². The Hall–Kier alpha value is -3.08. The zero-order valence-corrected chi connectivity index (χ0v) is 14.4. The topological polar surface area (TPSA) is 128 Å². The van der Waals surface area contributed by atoms with Crippen molar-refractivity contribution in [3.05, 3.63) is 29.0 Å². The van der Waals surface area contributed by atoms with Gasteiger partial charge in [0.2, 0.25) is 10.9 Å². The molecule has 0 aliphatic carbocycles. The number of aromatic nitrogens is 2. The summed E-state index contributed by atoms with van der Waals surface area (Å²) in [5.41, 5.74) is 5.56. The molecule has 1 saturated heterocycles. The number of hydrogen-bond donors (Lipinski definition) is 2. The predicted molar refractivity (Wildman–Crippen MR) is 90.1 cm³/mol. The average Bonchev–Trinajstić information content (AvgIpc) is 3.20. The van der Waals surface area contributed by atoms with Gasteiger partial charge in [0.05, 0.1) is 18.8 Å². The van der Waals surface area contributed by atoms with Gasteiger partial charge < -0.3 is 15.8 Å². The van der Waals surface area contributed by atoms with Crippen LogP contribution in [0.2, 0.25) is 0 Å². The Bertz CT molecular complexity index is 887. The van der Waals surface area contributed by atoms with Gasteiger partial charge in [0.15, 0.2) is 5.01 Å². The van der Waals surface area contributed by atoms with E-state index in [0.717, 1.165) is 11.3 Å². The molecular formula is C15H14FN5O4S. The maximum absolute atomic E-state index is 14.5. The minimum absolute atomic E-state index is 0.0209. The summed E-state index contributed by atoms with van der Waals surface area (Å²) >= 11 is 0.874. The summed E-state index contributed by atoms with van der Waals surface area (Å²) in [4.78, 5) is 35.3. The van der Waals surface area contributed by atoms with Crippen molar-refractivity contribution < 1.29 is 23.5 Å². The number of nitrogens with one attached hydrogen (secondary N) is 1. The first kappa shape index (κ1) is 17.7. The Morgan fingerprint density at radius 2 is 2.23 bits per heavy atom. The van der Waals surface area contributed by atoms with Crippen molar-refractivity contribution in [1.29, 1.82) is 0 Å². The van der Waals surface area contributed by atoms with Gasteiger partial charge in [0.25, 0.3) is 5.91 Å². The molecule has 1 aromatic heterocycles. The van der Waals surface area contributed by atoms with Gasteiger partial charge in [-0.2, -0.15) is 0 Å². The van der Waals surface area contributed by atoms with Crippen LogP contribution >= 0.6 is 11.3 Å². The van der Waals surface area contributed by atoms with Gasteiger partial charge in [0, 0.05) is 12.5 Å². The molecule has 136 valence electrons. The van der Waals surface area contributed by atoms with E-state index in [-0.39, 0.29) is 34.6 Å². The predicted octanol–water partition coefficient (Wildman–Crippen LogP) is 0.904. The number of cyclic esters (lactones) is 1. The van der Waals surface area contributed by atoms with Gasteiger partial charge in [-0.05, 0) is 18.2 Å². The van der Waals surface area contributed by atoms with E-state index < -0.39 is 23.9 Å². The second kappa shape index (κ2) is 7.04. The zero-order chi connectivity index (χ0) is 18.8. The molecule has 1 unspecified atom stereocenters. The van der Waals surface area contributed by atoms with Gasteiger partial charge in [-0.3, -0.25) is 14.5 Å². The molecule has 1 fully saturated rings. The first-order valence-corrected chi connectivity index (χ1v) is 8.32. The van der Waals surface area contributed by atoms with Crippen LogP contribution < -0.4 is 16.0 Å². The van der Waals surface area contributed by atoms with E-state index in [9.17, 15) is 18.8 Å². The van der Waals surface area contributed by atoms with Crippen LogP contribution in [0.25, 0.3) is 10.6 Å². The second-order valence-corrected chi connectivity index (χ2v) is 6.47. The molecule has 1 aliphatic heterocycles. The molecule has 0 saturated carbocycles. The quantitative estimate of drug-likeness (QED) is 0.795. The first-order valence-electron chi connectivity index (χ1n) is 7.51. The van der Waals surface area contributed by atoms with E-state index in [1.165, 1.54) is 30.0 Å². The number of amides is 3. The Kier molecular flexibility index (Phi) is 4.80. The molecule has 26 heavy (non-hydrogen) atoms. The summed E-state index contributed by atoms with van der Waals surface area (Å²) in [5, 5.41) is 10.1. The molecule has 1 atom stereocenters. The van der Waals surface area contributed by atoms with Crippen molar-refractivity contribution in [2.24, 2.45) is 5.73 Å². The summed E-state index contributed by atoms with van der Waals surface area (Å²) in [6.45, 7) is 1.72. The largest absolute Gasteiger partial charge is 0.442 e. The number of rotatable bonds is 5. The lowest BCUT2D eigenvalue weighted by Gasteiger charge is -2.14. The summed E-state index contributed by atoms with van der Waals surface area (Å²) < 4.78 is 19.6. The molecule has 0 radical (unpaired) electrons. The molecule has 3 rings (SSSR count). The lowest BCUT2D eigenvalue weighted by Crippen LogP contribution is -2.33. The molecule has 2 heterocycles. The number of anilines is 1. The van der Waals surface area contributed by atoms with Crippen LogP contribution in [0.1, 0.15) is 16.7 Å². The van der Waals surface area contributed by atoms with Crippen LogP contribution in [0.15, 0.2) is 18.2 Å². The fraction of sp³-hybridized carbons (Fsp3) is 0.267. The van der Waals surface area contributed by atoms with Crippen LogP contribution in [-0.2, 0) is 9.53 Å². The molecule has 1 aliphatic rings. The number of carbonyl (C=O) groups excluding carboxylic acids is 3. The number of benzene rings is 1. The fourth-order valence-electron chi connectivity index (χ4n) is 2.37. The number of halogens is 1. The van der Waals surface area contributed by atoms with Crippen molar-refractivity contribution in [1.82, 2.24) is 15.5 Å². The SMILES string of the molecule is CC(=O)NCC1CN(c2ccc(-c3nnc(C(N)=O)s3)c(F)c2)C(=O)O1. The van der Waals surface area contributed by atoms with Crippen LogP contribution in [-0.4, -0.2) is 47.3 Å². The highest BCUT2D eigenvalue weighted by Gasteiger charge is 2.32. The molecule has 1 aromatic carbocycles. The molecule has 0 spiro atoms. The van der Waals surface area contributed by atoms with Crippen LogP contribution in [0.5, 0.6) is 0 Å². The van der Waals surface area contributed by atoms with Gasteiger partial charge in [0.1, 0.15) is 11.9 Å². The van der Waals surface area contributed by atoms with Crippen molar-refractivity contribution in [2.75, 3.05) is 18.0 Å². The molecule has 3 amide bonds. The number of ether oxygens (including phenoxy) is 1. The highest BCUT2D eigenvalue weighted by molar-refractivity contribution is 7.16. The molecule has 3 N–H and O–H groups in total. The third kappa shape index (κ3) is 3.61. The molecule has 9 nitrogen and oxygen atoms in total. The van der Waals surface area contributed by atoms with Gasteiger partial charge in [-0.1, -0.05) is 11.3 Å². The number of hydrogen-bond acceptors (Lipinski definition) is 7. The Balaban J connectivity index is 1.77. The van der Waals surface area contributed by atoms with E-state index in [1.807, 2.05) is 0 Å². The van der Waals surface area contributed by atoms with E-state index in [2.05, 4.69) is 15.5 Å². The summed E-state index contributed by atoms with van der Waals surface area (Å²) in [7, 11) is 0. The number of carbonyl (C=O) groups is 3. The number of primary amides is 1. The van der Waals surface area contributed by atoms with Crippen LogP contribution in [0.3, 0.4) is 0 Å². The van der Waals surface area contributed by atoms with Crippen LogP contribution in [0.4, 0.5) is 14.9 Å². The van der Waals surface area contributed by atoms with E-state index in [0.29, 0.717) is 5.69 Å². The summed E-state index contributed by atoms with van der Waals surface area (Å²) in [5.74, 6) is -1.61. The molecule has 11 heteroatoms. The third-order valence-electron chi connectivity index (χ3n) is 3.58. The van der Waals surface area contributed by atoms with Crippen LogP contribution in [0, 0.1) is 5.82 Å². The minimum atomic E-state index is -0.740. The van der Waals surface area contributed by atoms with E-state index in [1.54, 1.807) is 0 Å². The maximum atomic E-state index is 14.5. The summed E-state index contributed by atoms with van der Waals surface area (Å²) in [6.07, 6.45) is -1.14.